The van der Waals surface area contributed by atoms with Crippen LogP contribution in [-0.2, 0) is 16.0 Å². The Labute approximate surface area is 76.3 Å². The van der Waals surface area contributed by atoms with Gasteiger partial charge in [0.05, 0.1) is 7.11 Å². The number of rotatable bonds is 3. The number of ether oxygens (including phenoxy) is 1. The number of carbonyl (C=O) groups excluding carboxylic acids is 1. The predicted octanol–water partition coefficient (Wildman–Crippen LogP) is 1.74. The van der Waals surface area contributed by atoms with E-state index >= 15 is 0 Å². The summed E-state index contributed by atoms with van der Waals surface area (Å²) in [7, 11) is 1.18. The molecule has 0 amide bonds. The molecule has 0 aliphatic carbocycles. The van der Waals surface area contributed by atoms with E-state index in [1.807, 2.05) is 6.07 Å². The van der Waals surface area contributed by atoms with Crippen LogP contribution in [0.1, 0.15) is 5.56 Å². The fourth-order valence-corrected chi connectivity index (χ4v) is 1.03. The van der Waals surface area contributed by atoms with Crippen molar-refractivity contribution in [3.8, 4) is 0 Å². The zero-order valence-electron chi connectivity index (χ0n) is 7.37. The minimum Gasteiger partial charge on any atom is -0.467 e. The smallest absolute Gasteiger partial charge is 0.340 e. The van der Waals surface area contributed by atoms with Gasteiger partial charge >= 0.3 is 5.97 Å². The van der Waals surface area contributed by atoms with Crippen LogP contribution in [0.2, 0.25) is 0 Å². The van der Waals surface area contributed by atoms with Gasteiger partial charge in [-0.2, -0.15) is 0 Å². The molecule has 70 valence electrons. The molecule has 0 spiro atoms. The first-order valence-corrected chi connectivity index (χ1v) is 4.00. The van der Waals surface area contributed by atoms with Crippen molar-refractivity contribution >= 4 is 5.97 Å². The van der Waals surface area contributed by atoms with Gasteiger partial charge in [0.25, 0.3) is 0 Å². The summed E-state index contributed by atoms with van der Waals surface area (Å²) in [4.78, 5) is 10.7. The fourth-order valence-electron chi connectivity index (χ4n) is 1.03. The molecule has 0 saturated heterocycles. The van der Waals surface area contributed by atoms with Crippen molar-refractivity contribution in [2.45, 2.75) is 12.6 Å². The van der Waals surface area contributed by atoms with Crippen LogP contribution in [0.4, 0.5) is 4.39 Å². The van der Waals surface area contributed by atoms with Crippen LogP contribution < -0.4 is 0 Å². The summed E-state index contributed by atoms with van der Waals surface area (Å²) < 4.78 is 17.3. The lowest BCUT2D eigenvalue weighted by atomic mass is 10.1. The second-order valence-electron chi connectivity index (χ2n) is 2.68. The maximum absolute atomic E-state index is 13.0. The molecule has 1 rings (SSSR count). The minimum atomic E-state index is -1.56. The number of benzene rings is 1. The Kier molecular flexibility index (Phi) is 3.43. The number of carbonyl (C=O) groups is 1. The molecule has 0 N–H and O–H groups in total. The Morgan fingerprint density at radius 1 is 1.46 bits per heavy atom. The standard InChI is InChI=1S/C10H11FO2/c1-13-10(12)9(11)7-8-5-3-2-4-6-8/h2-6,9H,7H2,1H3/t9-/m0/s1. The Hall–Kier alpha value is -1.38. The van der Waals surface area contributed by atoms with E-state index in [2.05, 4.69) is 4.74 Å². The third-order valence-electron chi connectivity index (χ3n) is 1.71. The normalized spacial score (nSPS) is 12.2. The SMILES string of the molecule is COC(=O)[C@@H](F)Cc1ccccc1. The highest BCUT2D eigenvalue weighted by molar-refractivity contribution is 5.74. The Morgan fingerprint density at radius 3 is 2.62 bits per heavy atom. The van der Waals surface area contributed by atoms with Gasteiger partial charge < -0.3 is 4.74 Å². The van der Waals surface area contributed by atoms with E-state index in [9.17, 15) is 9.18 Å². The molecule has 0 heterocycles. The molecule has 0 unspecified atom stereocenters. The van der Waals surface area contributed by atoms with Gasteiger partial charge in [0, 0.05) is 6.42 Å². The van der Waals surface area contributed by atoms with Gasteiger partial charge in [-0.3, -0.25) is 0 Å². The van der Waals surface area contributed by atoms with E-state index in [0.29, 0.717) is 0 Å². The molecular weight excluding hydrogens is 171 g/mol. The van der Waals surface area contributed by atoms with Crippen LogP contribution in [0.15, 0.2) is 30.3 Å². The summed E-state index contributed by atoms with van der Waals surface area (Å²) in [5.41, 5.74) is 0.792. The number of hydrogen-bond acceptors (Lipinski definition) is 2. The van der Waals surface area contributed by atoms with Crippen LogP contribution >= 0.6 is 0 Å². The van der Waals surface area contributed by atoms with E-state index in [0.717, 1.165) is 5.56 Å². The average molecular weight is 182 g/mol. The summed E-state index contributed by atoms with van der Waals surface area (Å²) in [5, 5.41) is 0. The van der Waals surface area contributed by atoms with Gasteiger partial charge in [-0.05, 0) is 5.56 Å². The molecule has 13 heavy (non-hydrogen) atoms. The number of methoxy groups -OCH3 is 1. The minimum absolute atomic E-state index is 0.0769. The second kappa shape index (κ2) is 4.60. The van der Waals surface area contributed by atoms with Gasteiger partial charge in [-0.15, -0.1) is 0 Å². The molecule has 1 aromatic carbocycles. The fraction of sp³-hybridized carbons (Fsp3) is 0.300. The highest BCUT2D eigenvalue weighted by atomic mass is 19.1. The average Bonchev–Trinajstić information content (AvgIpc) is 2.18. The van der Waals surface area contributed by atoms with Gasteiger partial charge in [-0.1, -0.05) is 30.3 Å². The molecule has 1 aromatic rings. The highest BCUT2D eigenvalue weighted by Gasteiger charge is 2.17. The zero-order chi connectivity index (χ0) is 9.68. The highest BCUT2D eigenvalue weighted by Crippen LogP contribution is 2.06. The third-order valence-corrected chi connectivity index (χ3v) is 1.71. The van der Waals surface area contributed by atoms with Crippen LogP contribution in [0.5, 0.6) is 0 Å². The topological polar surface area (TPSA) is 26.3 Å². The van der Waals surface area contributed by atoms with E-state index < -0.39 is 12.1 Å². The number of esters is 1. The molecule has 3 heteroatoms. The van der Waals surface area contributed by atoms with Crippen molar-refractivity contribution in [2.24, 2.45) is 0 Å². The summed E-state index contributed by atoms with van der Waals surface area (Å²) in [6, 6.07) is 9.00. The van der Waals surface area contributed by atoms with E-state index in [1.165, 1.54) is 7.11 Å². The van der Waals surface area contributed by atoms with Gasteiger partial charge in [0.15, 0.2) is 0 Å². The summed E-state index contributed by atoms with van der Waals surface area (Å²) in [5.74, 6) is -0.816. The summed E-state index contributed by atoms with van der Waals surface area (Å²) >= 11 is 0. The van der Waals surface area contributed by atoms with Crippen molar-refractivity contribution in [1.82, 2.24) is 0 Å². The lowest BCUT2D eigenvalue weighted by Crippen LogP contribution is -2.19. The molecule has 2 nitrogen and oxygen atoms in total. The van der Waals surface area contributed by atoms with Crippen LogP contribution in [0.3, 0.4) is 0 Å². The lowest BCUT2D eigenvalue weighted by Gasteiger charge is -2.05. The van der Waals surface area contributed by atoms with E-state index in [4.69, 9.17) is 0 Å². The van der Waals surface area contributed by atoms with Crippen LogP contribution in [0, 0.1) is 0 Å². The van der Waals surface area contributed by atoms with Crippen molar-refractivity contribution in [2.75, 3.05) is 7.11 Å². The van der Waals surface area contributed by atoms with Gasteiger partial charge in [0.2, 0.25) is 6.17 Å². The molecule has 0 radical (unpaired) electrons. The molecule has 0 aromatic heterocycles. The van der Waals surface area contributed by atoms with Crippen LogP contribution in [0.25, 0.3) is 0 Å². The molecule has 0 aliphatic heterocycles. The molecule has 0 aliphatic rings. The predicted molar refractivity (Wildman–Crippen MR) is 47.1 cm³/mol. The lowest BCUT2D eigenvalue weighted by molar-refractivity contribution is -0.146. The van der Waals surface area contributed by atoms with Gasteiger partial charge in [0.1, 0.15) is 0 Å². The van der Waals surface area contributed by atoms with E-state index in [-0.39, 0.29) is 6.42 Å². The molecule has 1 atom stereocenters. The first-order chi connectivity index (χ1) is 6.24. The van der Waals surface area contributed by atoms with Crippen molar-refractivity contribution in [3.63, 3.8) is 0 Å². The number of halogens is 1. The summed E-state index contributed by atoms with van der Waals surface area (Å²) in [6.45, 7) is 0. The Bertz CT molecular complexity index is 272. The molecule has 0 fully saturated rings. The quantitative estimate of drug-likeness (QED) is 0.665. The second-order valence-corrected chi connectivity index (χ2v) is 2.68. The van der Waals surface area contributed by atoms with Crippen LogP contribution in [-0.4, -0.2) is 19.3 Å². The largest absolute Gasteiger partial charge is 0.467 e. The monoisotopic (exact) mass is 182 g/mol. The summed E-state index contributed by atoms with van der Waals surface area (Å²) in [6.07, 6.45) is -1.49. The van der Waals surface area contributed by atoms with Crippen molar-refractivity contribution in [3.05, 3.63) is 35.9 Å². The van der Waals surface area contributed by atoms with Crippen molar-refractivity contribution < 1.29 is 13.9 Å². The molecule has 0 bridgehead atoms. The maximum atomic E-state index is 13.0. The van der Waals surface area contributed by atoms with Crippen molar-refractivity contribution in [1.29, 1.82) is 0 Å². The van der Waals surface area contributed by atoms with Gasteiger partial charge in [-0.25, -0.2) is 9.18 Å². The molecular formula is C10H11FO2. The Balaban J connectivity index is 2.55. The Morgan fingerprint density at radius 2 is 2.08 bits per heavy atom. The van der Waals surface area contributed by atoms with E-state index in [1.54, 1.807) is 24.3 Å². The maximum Gasteiger partial charge on any atom is 0.340 e. The number of alkyl halides is 1. The molecule has 0 saturated carbocycles. The zero-order valence-corrected chi connectivity index (χ0v) is 7.37. The number of hydrogen-bond donors (Lipinski definition) is 0. The first kappa shape index (κ1) is 9.71. The first-order valence-electron chi connectivity index (χ1n) is 4.00. The third kappa shape index (κ3) is 2.86.